The van der Waals surface area contributed by atoms with Crippen LogP contribution in [0.25, 0.3) is 0 Å². The van der Waals surface area contributed by atoms with Crippen molar-refractivity contribution in [2.45, 2.75) is 18.7 Å². The number of rotatable bonds is 5. The van der Waals surface area contributed by atoms with Gasteiger partial charge >= 0.3 is 29.6 Å². The second-order valence-electron chi connectivity index (χ2n) is 6.50. The van der Waals surface area contributed by atoms with E-state index < -0.39 is 25.9 Å². The summed E-state index contributed by atoms with van der Waals surface area (Å²) in [6.07, 6.45) is 0. The third-order valence-electron chi connectivity index (χ3n) is 4.19. The van der Waals surface area contributed by atoms with E-state index in [9.17, 15) is 22.6 Å². The van der Waals surface area contributed by atoms with Gasteiger partial charge in [-0.1, -0.05) is 17.7 Å². The molecule has 0 saturated carbocycles. The Bertz CT molecular complexity index is 1430. The van der Waals surface area contributed by atoms with Crippen LogP contribution in [0.3, 0.4) is 0 Å². The summed E-state index contributed by atoms with van der Waals surface area (Å²) in [4.78, 5) is 24.2. The quantitative estimate of drug-likeness (QED) is 0.253. The average Bonchev–Trinajstić information content (AvgIpc) is 2.68. The third-order valence-corrected chi connectivity index (χ3v) is 5.04. The summed E-state index contributed by atoms with van der Waals surface area (Å²) in [5, 5.41) is 7.52. The van der Waals surface area contributed by atoms with Crippen molar-refractivity contribution >= 4 is 21.5 Å². The molecule has 3 aromatic rings. The minimum Gasteiger partial charge on any atom is -0.744 e. The zero-order chi connectivity index (χ0) is 21.9. The number of nitrogens with one attached hydrogen (secondary N) is 2. The van der Waals surface area contributed by atoms with Gasteiger partial charge in [0.2, 0.25) is 10.9 Å². The van der Waals surface area contributed by atoms with Crippen LogP contribution in [0.4, 0.5) is 11.4 Å². The summed E-state index contributed by atoms with van der Waals surface area (Å²) >= 11 is 0. The van der Waals surface area contributed by atoms with Crippen LogP contribution in [0, 0.1) is 13.8 Å². The minimum atomic E-state index is -4.57. The molecule has 0 atom stereocenters. The van der Waals surface area contributed by atoms with Gasteiger partial charge in [0.25, 0.3) is 0 Å². The Morgan fingerprint density at radius 1 is 0.871 bits per heavy atom. The average molecular weight is 448 g/mol. The van der Waals surface area contributed by atoms with Crippen molar-refractivity contribution in [1.29, 1.82) is 0 Å². The Balaban J connectivity index is 0.00000341. The number of hydrogen-bond acceptors (Lipinski definition) is 9. The number of nitrogens with zero attached hydrogens (tertiary/aromatic N) is 2. The standard InChI is InChI=1S/C20H18N4O5S.Na/c1-12-3-8-16(13(2)11-12)22-23-17-9-10-18(25)19(20(17)26)24-21-14-4-6-15(7-5-14)30(27,28)29;/h3-11,21-22H,1-2H3,(H,27,28,29);/q;+1/p-1/b23-17+,24-19-;. The molecule has 31 heavy (non-hydrogen) atoms. The number of aryl methyl sites for hydroxylation is 2. The molecule has 0 unspecified atom stereocenters. The fraction of sp³-hybridized carbons (Fsp3) is 0.100. The van der Waals surface area contributed by atoms with Crippen molar-refractivity contribution < 1.29 is 42.5 Å². The summed E-state index contributed by atoms with van der Waals surface area (Å²) in [6, 6.07) is 12.9. The van der Waals surface area contributed by atoms with Gasteiger partial charge in [-0.3, -0.25) is 20.4 Å². The van der Waals surface area contributed by atoms with Crippen LogP contribution >= 0.6 is 0 Å². The second kappa shape index (κ2) is 10.1. The molecule has 3 rings (SSSR count). The Kier molecular flexibility index (Phi) is 8.04. The molecule has 0 spiro atoms. The Morgan fingerprint density at radius 2 is 1.55 bits per heavy atom. The summed E-state index contributed by atoms with van der Waals surface area (Å²) in [7, 11) is -4.57. The second-order valence-corrected chi connectivity index (χ2v) is 7.88. The van der Waals surface area contributed by atoms with Gasteiger partial charge < -0.3 is 4.55 Å². The fourth-order valence-electron chi connectivity index (χ4n) is 2.61. The van der Waals surface area contributed by atoms with E-state index in [1.807, 2.05) is 32.0 Å². The van der Waals surface area contributed by atoms with Gasteiger partial charge in [-0.2, -0.15) is 10.2 Å². The normalized spacial score (nSPS) is 12.4. The van der Waals surface area contributed by atoms with Crippen molar-refractivity contribution in [3.63, 3.8) is 0 Å². The molecular formula is C20H17N4NaO5S. The van der Waals surface area contributed by atoms with Crippen molar-refractivity contribution in [3.05, 3.63) is 96.9 Å². The Labute approximate surface area is 199 Å². The van der Waals surface area contributed by atoms with Gasteiger partial charge in [0.1, 0.15) is 15.5 Å². The first-order valence-electron chi connectivity index (χ1n) is 8.73. The molecule has 9 nitrogen and oxygen atoms in total. The monoisotopic (exact) mass is 448 g/mol. The number of benzene rings is 3. The van der Waals surface area contributed by atoms with Gasteiger partial charge in [0.15, 0.2) is 5.36 Å². The predicted molar refractivity (Wildman–Crippen MR) is 110 cm³/mol. The Hall–Kier alpha value is -2.63. The third kappa shape index (κ3) is 6.18. The van der Waals surface area contributed by atoms with E-state index in [-0.39, 0.29) is 46.0 Å². The van der Waals surface area contributed by atoms with Gasteiger partial charge in [-0.25, -0.2) is 8.42 Å². The maximum Gasteiger partial charge on any atom is 1.00 e. The molecule has 2 N–H and O–H groups in total. The molecule has 3 aromatic carbocycles. The molecule has 0 heterocycles. The molecule has 0 radical (unpaired) electrons. The van der Waals surface area contributed by atoms with Gasteiger partial charge in [0.05, 0.1) is 16.3 Å². The Morgan fingerprint density at radius 3 is 2.16 bits per heavy atom. The van der Waals surface area contributed by atoms with Crippen molar-refractivity contribution in [2.24, 2.45) is 10.2 Å². The van der Waals surface area contributed by atoms with Crippen LogP contribution in [0.15, 0.2) is 79.3 Å². The van der Waals surface area contributed by atoms with E-state index in [2.05, 4.69) is 21.1 Å². The zero-order valence-corrected chi connectivity index (χ0v) is 19.9. The van der Waals surface area contributed by atoms with E-state index in [0.29, 0.717) is 0 Å². The van der Waals surface area contributed by atoms with Gasteiger partial charge in [0, 0.05) is 0 Å². The van der Waals surface area contributed by atoms with Crippen molar-refractivity contribution in [2.75, 3.05) is 10.9 Å². The summed E-state index contributed by atoms with van der Waals surface area (Å²) in [5.41, 5.74) is 7.08. The van der Waals surface area contributed by atoms with Gasteiger partial charge in [-0.05, 0) is 61.9 Å². The molecule has 0 bridgehead atoms. The molecule has 154 valence electrons. The summed E-state index contributed by atoms with van der Waals surface area (Å²) < 4.78 is 32.9. The van der Waals surface area contributed by atoms with Crippen LogP contribution in [0.1, 0.15) is 11.1 Å². The van der Waals surface area contributed by atoms with Gasteiger partial charge in [-0.15, -0.1) is 0 Å². The van der Waals surface area contributed by atoms with Crippen LogP contribution in [-0.4, -0.2) is 13.0 Å². The topological polar surface area (TPSA) is 140 Å². The SMILES string of the molecule is Cc1ccc(N/N=c2\ccc(=O)/c(=N/Nc3ccc(S(=O)(=O)[O-])cc3)c2=O)c(C)c1.[Na+]. The van der Waals surface area contributed by atoms with E-state index in [4.69, 9.17) is 0 Å². The number of hydrogen-bond donors (Lipinski definition) is 2. The summed E-state index contributed by atoms with van der Waals surface area (Å²) in [5.74, 6) is 0. The molecule has 0 amide bonds. The van der Waals surface area contributed by atoms with E-state index in [0.717, 1.165) is 28.9 Å². The zero-order valence-electron chi connectivity index (χ0n) is 17.0. The molecule has 0 aliphatic rings. The molecule has 0 aromatic heterocycles. The number of anilines is 2. The first-order valence-corrected chi connectivity index (χ1v) is 10.1. The van der Waals surface area contributed by atoms with Crippen LogP contribution < -0.4 is 62.0 Å². The molecule has 0 fully saturated rings. The minimum absolute atomic E-state index is 0. The molecular weight excluding hydrogens is 431 g/mol. The molecule has 0 aliphatic carbocycles. The van der Waals surface area contributed by atoms with Crippen molar-refractivity contribution in [1.82, 2.24) is 0 Å². The largest absolute Gasteiger partial charge is 1.00 e. The molecule has 0 saturated heterocycles. The van der Waals surface area contributed by atoms with E-state index in [1.54, 1.807) is 0 Å². The maximum atomic E-state index is 12.6. The first-order chi connectivity index (χ1) is 14.1. The fourth-order valence-corrected chi connectivity index (χ4v) is 3.08. The predicted octanol–water partition coefficient (Wildman–Crippen LogP) is -2.34. The molecule has 11 heteroatoms. The first kappa shape index (κ1) is 24.6. The van der Waals surface area contributed by atoms with E-state index in [1.165, 1.54) is 24.3 Å². The van der Waals surface area contributed by atoms with E-state index >= 15 is 0 Å². The maximum absolute atomic E-state index is 12.6. The van der Waals surface area contributed by atoms with Crippen molar-refractivity contribution in [3.8, 4) is 0 Å². The molecule has 0 aliphatic heterocycles. The smallest absolute Gasteiger partial charge is 0.744 e. The van der Waals surface area contributed by atoms with Crippen LogP contribution in [0.5, 0.6) is 0 Å². The summed E-state index contributed by atoms with van der Waals surface area (Å²) in [6.45, 7) is 3.86. The van der Waals surface area contributed by atoms with Crippen LogP contribution in [-0.2, 0) is 10.1 Å². The van der Waals surface area contributed by atoms with Crippen LogP contribution in [0.2, 0.25) is 0 Å².